The van der Waals surface area contributed by atoms with Gasteiger partial charge in [-0.2, -0.15) is 0 Å². The van der Waals surface area contributed by atoms with Gasteiger partial charge in [-0.25, -0.2) is 0 Å². The second kappa shape index (κ2) is 8.83. The van der Waals surface area contributed by atoms with E-state index in [9.17, 15) is 5.11 Å². The Morgan fingerprint density at radius 2 is 1.80 bits per heavy atom. The standard InChI is InChI=1S/C26H34N2O2/c1-4-13-28-18-22(24-7-5-6-8-25(24)28)17-27-14-11-26(29,12-15-27)19-30-23-10-9-20(2)21(3)16-23/h5-10,16,18,29H,4,11-15,17,19H2,1-3H3. The number of hydrogen-bond acceptors (Lipinski definition) is 3. The Hall–Kier alpha value is -2.30. The summed E-state index contributed by atoms with van der Waals surface area (Å²) in [7, 11) is 0. The predicted molar refractivity (Wildman–Crippen MR) is 123 cm³/mol. The van der Waals surface area contributed by atoms with Gasteiger partial charge in [-0.15, -0.1) is 0 Å². The van der Waals surface area contributed by atoms with Crippen LogP contribution in [0.5, 0.6) is 5.75 Å². The van der Waals surface area contributed by atoms with Gasteiger partial charge in [0.05, 0.1) is 0 Å². The fraction of sp³-hybridized carbons (Fsp3) is 0.462. The largest absolute Gasteiger partial charge is 0.491 e. The van der Waals surface area contributed by atoms with Crippen LogP contribution in [0.2, 0.25) is 0 Å². The molecule has 2 heterocycles. The van der Waals surface area contributed by atoms with Crippen molar-refractivity contribution in [3.63, 3.8) is 0 Å². The van der Waals surface area contributed by atoms with Crippen LogP contribution in [0.4, 0.5) is 0 Å². The van der Waals surface area contributed by atoms with E-state index in [4.69, 9.17) is 4.74 Å². The van der Waals surface area contributed by atoms with E-state index >= 15 is 0 Å². The van der Waals surface area contributed by atoms with Gasteiger partial charge in [0.25, 0.3) is 0 Å². The summed E-state index contributed by atoms with van der Waals surface area (Å²) in [6.07, 6.45) is 4.93. The van der Waals surface area contributed by atoms with Crippen molar-refractivity contribution in [3.8, 4) is 5.75 Å². The molecule has 1 N–H and O–H groups in total. The smallest absolute Gasteiger partial charge is 0.119 e. The van der Waals surface area contributed by atoms with Crippen LogP contribution >= 0.6 is 0 Å². The molecule has 0 radical (unpaired) electrons. The van der Waals surface area contributed by atoms with Crippen molar-refractivity contribution in [2.24, 2.45) is 0 Å². The van der Waals surface area contributed by atoms with E-state index in [1.807, 2.05) is 6.07 Å². The first-order valence-electron chi connectivity index (χ1n) is 11.2. The monoisotopic (exact) mass is 406 g/mol. The number of fused-ring (bicyclic) bond motifs is 1. The summed E-state index contributed by atoms with van der Waals surface area (Å²) in [5.74, 6) is 0.845. The Morgan fingerprint density at radius 3 is 2.53 bits per heavy atom. The summed E-state index contributed by atoms with van der Waals surface area (Å²) < 4.78 is 8.33. The molecule has 0 saturated carbocycles. The number of aliphatic hydroxyl groups is 1. The summed E-state index contributed by atoms with van der Waals surface area (Å²) in [5.41, 5.74) is 4.44. The number of ether oxygens (including phenoxy) is 1. The molecule has 1 aliphatic heterocycles. The molecule has 0 aliphatic carbocycles. The van der Waals surface area contributed by atoms with E-state index in [0.717, 1.165) is 51.2 Å². The molecule has 4 nitrogen and oxygen atoms in total. The van der Waals surface area contributed by atoms with E-state index in [-0.39, 0.29) is 0 Å². The average molecular weight is 407 g/mol. The number of likely N-dealkylation sites (tertiary alicyclic amines) is 1. The number of piperidine rings is 1. The zero-order valence-corrected chi connectivity index (χ0v) is 18.5. The first-order chi connectivity index (χ1) is 14.5. The molecule has 0 amide bonds. The van der Waals surface area contributed by atoms with Gasteiger partial charge in [0.1, 0.15) is 18.0 Å². The zero-order valence-electron chi connectivity index (χ0n) is 18.5. The number of para-hydroxylation sites is 1. The lowest BCUT2D eigenvalue weighted by Gasteiger charge is -2.37. The number of rotatable bonds is 7. The molecular weight excluding hydrogens is 372 g/mol. The average Bonchev–Trinajstić information content (AvgIpc) is 3.09. The number of hydrogen-bond donors (Lipinski definition) is 1. The number of aromatic nitrogens is 1. The van der Waals surface area contributed by atoms with E-state index in [1.54, 1.807) is 0 Å². The highest BCUT2D eigenvalue weighted by Gasteiger charge is 2.33. The van der Waals surface area contributed by atoms with Crippen LogP contribution in [0, 0.1) is 13.8 Å². The minimum atomic E-state index is -0.745. The second-order valence-corrected chi connectivity index (χ2v) is 8.90. The number of aryl methyl sites for hydroxylation is 3. The Balaban J connectivity index is 1.36. The Bertz CT molecular complexity index is 999. The fourth-order valence-corrected chi connectivity index (χ4v) is 4.41. The first-order valence-corrected chi connectivity index (χ1v) is 11.2. The Morgan fingerprint density at radius 1 is 1.03 bits per heavy atom. The molecule has 0 unspecified atom stereocenters. The van der Waals surface area contributed by atoms with Gasteiger partial charge < -0.3 is 14.4 Å². The topological polar surface area (TPSA) is 37.6 Å². The van der Waals surface area contributed by atoms with Crippen LogP contribution in [0.25, 0.3) is 10.9 Å². The molecule has 4 heteroatoms. The minimum Gasteiger partial charge on any atom is -0.491 e. The third kappa shape index (κ3) is 4.55. The van der Waals surface area contributed by atoms with E-state index in [2.05, 4.69) is 72.8 Å². The van der Waals surface area contributed by atoms with E-state index in [1.165, 1.54) is 27.6 Å². The highest BCUT2D eigenvalue weighted by atomic mass is 16.5. The van der Waals surface area contributed by atoms with Crippen LogP contribution < -0.4 is 4.74 Å². The van der Waals surface area contributed by atoms with Gasteiger partial charge >= 0.3 is 0 Å². The van der Waals surface area contributed by atoms with Crippen LogP contribution in [-0.2, 0) is 13.1 Å². The fourth-order valence-electron chi connectivity index (χ4n) is 4.41. The highest BCUT2D eigenvalue weighted by molar-refractivity contribution is 5.83. The molecular formula is C26H34N2O2. The molecule has 0 bridgehead atoms. The van der Waals surface area contributed by atoms with Crippen molar-refractivity contribution in [2.75, 3.05) is 19.7 Å². The van der Waals surface area contributed by atoms with Crippen molar-refractivity contribution < 1.29 is 9.84 Å². The lowest BCUT2D eigenvalue weighted by Crippen LogP contribution is -2.47. The Labute approximate surface area is 180 Å². The minimum absolute atomic E-state index is 0.360. The number of benzene rings is 2. The summed E-state index contributed by atoms with van der Waals surface area (Å²) in [6.45, 7) is 10.5. The third-order valence-electron chi connectivity index (χ3n) is 6.50. The highest BCUT2D eigenvalue weighted by Crippen LogP contribution is 2.28. The Kier molecular flexibility index (Phi) is 6.16. The molecule has 4 rings (SSSR count). The molecule has 1 aliphatic rings. The maximum absolute atomic E-state index is 11.0. The van der Waals surface area contributed by atoms with Gasteiger partial charge in [0, 0.05) is 43.3 Å². The van der Waals surface area contributed by atoms with Crippen LogP contribution in [0.1, 0.15) is 42.9 Å². The normalized spacial score (nSPS) is 16.8. The quantitative estimate of drug-likeness (QED) is 0.595. The molecule has 3 aromatic rings. The maximum atomic E-state index is 11.0. The van der Waals surface area contributed by atoms with Gasteiger partial charge in [0.2, 0.25) is 0 Å². The third-order valence-corrected chi connectivity index (χ3v) is 6.50. The predicted octanol–water partition coefficient (Wildman–Crippen LogP) is 5.07. The van der Waals surface area contributed by atoms with Crippen LogP contribution in [0.3, 0.4) is 0 Å². The molecule has 1 fully saturated rings. The van der Waals surface area contributed by atoms with Crippen molar-refractivity contribution in [3.05, 3.63) is 65.4 Å². The van der Waals surface area contributed by atoms with Crippen molar-refractivity contribution in [2.45, 2.75) is 58.7 Å². The molecule has 1 saturated heterocycles. The molecule has 0 atom stereocenters. The van der Waals surface area contributed by atoms with E-state index in [0.29, 0.717) is 6.61 Å². The summed E-state index contributed by atoms with van der Waals surface area (Å²) in [4.78, 5) is 2.46. The van der Waals surface area contributed by atoms with E-state index < -0.39 is 5.60 Å². The van der Waals surface area contributed by atoms with Crippen molar-refractivity contribution in [1.82, 2.24) is 9.47 Å². The first kappa shape index (κ1) is 21.0. The van der Waals surface area contributed by atoms with Gasteiger partial charge in [-0.05, 0) is 68.0 Å². The van der Waals surface area contributed by atoms with Gasteiger partial charge in [0.15, 0.2) is 0 Å². The lowest BCUT2D eigenvalue weighted by molar-refractivity contribution is -0.0536. The molecule has 0 spiro atoms. The zero-order chi connectivity index (χ0) is 21.1. The number of nitrogens with zero attached hydrogens (tertiary/aromatic N) is 2. The molecule has 30 heavy (non-hydrogen) atoms. The summed E-state index contributed by atoms with van der Waals surface area (Å²) in [6, 6.07) is 14.8. The molecule has 1 aromatic heterocycles. The maximum Gasteiger partial charge on any atom is 0.119 e. The van der Waals surface area contributed by atoms with Crippen LogP contribution in [-0.4, -0.2) is 39.9 Å². The van der Waals surface area contributed by atoms with Gasteiger partial charge in [-0.1, -0.05) is 31.2 Å². The summed E-state index contributed by atoms with van der Waals surface area (Å²) in [5, 5.41) is 12.4. The lowest BCUT2D eigenvalue weighted by atomic mass is 9.92. The SMILES string of the molecule is CCCn1cc(CN2CCC(O)(COc3ccc(C)c(C)c3)CC2)c2ccccc21. The molecule has 2 aromatic carbocycles. The van der Waals surface area contributed by atoms with Crippen molar-refractivity contribution in [1.29, 1.82) is 0 Å². The summed E-state index contributed by atoms with van der Waals surface area (Å²) >= 11 is 0. The van der Waals surface area contributed by atoms with Gasteiger partial charge in [-0.3, -0.25) is 4.90 Å². The van der Waals surface area contributed by atoms with Crippen molar-refractivity contribution >= 4 is 10.9 Å². The van der Waals surface area contributed by atoms with Crippen LogP contribution in [0.15, 0.2) is 48.7 Å². The second-order valence-electron chi connectivity index (χ2n) is 8.90. The molecule has 160 valence electrons.